The van der Waals surface area contributed by atoms with E-state index in [-0.39, 0.29) is 0 Å². The molecule has 1 saturated carbocycles. The van der Waals surface area contributed by atoms with Gasteiger partial charge in [0, 0.05) is 42.5 Å². The molecule has 1 saturated heterocycles. The fourth-order valence-electron chi connectivity index (χ4n) is 4.08. The summed E-state index contributed by atoms with van der Waals surface area (Å²) < 4.78 is 0. The van der Waals surface area contributed by atoms with Gasteiger partial charge in [-0.3, -0.25) is 0 Å². The second-order valence-corrected chi connectivity index (χ2v) is 8.29. The zero-order chi connectivity index (χ0) is 18.2. The Morgan fingerprint density at radius 3 is 2.78 bits per heavy atom. The molecule has 5 heteroatoms. The molecule has 2 aliphatic heterocycles. The number of para-hydroxylation sites is 1. The molecular formula is C22H25ClN4. The molecule has 0 radical (unpaired) electrons. The van der Waals surface area contributed by atoms with Gasteiger partial charge < -0.3 is 15.1 Å². The predicted octanol–water partition coefficient (Wildman–Crippen LogP) is 4.89. The van der Waals surface area contributed by atoms with Crippen molar-refractivity contribution in [1.82, 2.24) is 9.80 Å². The van der Waals surface area contributed by atoms with Crippen molar-refractivity contribution < 1.29 is 0 Å². The van der Waals surface area contributed by atoms with Crippen molar-refractivity contribution >= 4 is 34.5 Å². The first kappa shape index (κ1) is 17.1. The fraction of sp³-hybridized carbons (Fsp3) is 0.409. The highest BCUT2D eigenvalue weighted by molar-refractivity contribution is 6.31. The van der Waals surface area contributed by atoms with Gasteiger partial charge in [0.05, 0.1) is 11.4 Å². The minimum atomic E-state index is 0.719. The molecule has 0 spiro atoms. The van der Waals surface area contributed by atoms with Gasteiger partial charge in [-0.15, -0.1) is 0 Å². The summed E-state index contributed by atoms with van der Waals surface area (Å²) in [6, 6.07) is 14.3. The first-order chi connectivity index (χ1) is 13.3. The molecule has 1 N–H and O–H groups in total. The molecule has 140 valence electrons. The van der Waals surface area contributed by atoms with Crippen LogP contribution >= 0.6 is 11.6 Å². The summed E-state index contributed by atoms with van der Waals surface area (Å²) in [5.74, 6) is 2.01. The van der Waals surface area contributed by atoms with Crippen LogP contribution in [0.1, 0.15) is 24.8 Å². The lowest BCUT2D eigenvalue weighted by Crippen LogP contribution is -2.36. The first-order valence-electron chi connectivity index (χ1n) is 9.98. The Morgan fingerprint density at radius 2 is 1.89 bits per heavy atom. The summed E-state index contributed by atoms with van der Waals surface area (Å²) in [5, 5.41) is 4.27. The minimum absolute atomic E-state index is 0.719. The number of fused-ring (bicyclic) bond motifs is 2. The van der Waals surface area contributed by atoms with Crippen molar-refractivity contribution in [3.63, 3.8) is 0 Å². The van der Waals surface area contributed by atoms with E-state index in [0.29, 0.717) is 0 Å². The van der Waals surface area contributed by atoms with Gasteiger partial charge in [-0.2, -0.15) is 0 Å². The van der Waals surface area contributed by atoms with E-state index in [1.54, 1.807) is 0 Å². The predicted molar refractivity (Wildman–Crippen MR) is 113 cm³/mol. The summed E-state index contributed by atoms with van der Waals surface area (Å²) >= 11 is 6.26. The summed E-state index contributed by atoms with van der Waals surface area (Å²) in [6.45, 7) is 5.66. The van der Waals surface area contributed by atoms with Crippen molar-refractivity contribution in [3.05, 3.63) is 53.1 Å². The number of rotatable bonds is 2. The van der Waals surface area contributed by atoms with E-state index < -0.39 is 0 Å². The van der Waals surface area contributed by atoms with Crippen LogP contribution in [0.5, 0.6) is 0 Å². The third-order valence-corrected chi connectivity index (χ3v) is 5.96. The molecular weight excluding hydrogens is 356 g/mol. The minimum Gasteiger partial charge on any atom is -0.355 e. The molecule has 2 aromatic carbocycles. The maximum Gasteiger partial charge on any atom is 0.138 e. The molecule has 0 atom stereocenters. The maximum atomic E-state index is 6.26. The Balaban J connectivity index is 1.48. The van der Waals surface area contributed by atoms with Crippen LogP contribution in [0, 0.1) is 5.92 Å². The third-order valence-electron chi connectivity index (χ3n) is 5.72. The number of nitrogens with zero attached hydrogens (tertiary/aromatic N) is 3. The van der Waals surface area contributed by atoms with Gasteiger partial charge in [0.2, 0.25) is 0 Å². The zero-order valence-corrected chi connectivity index (χ0v) is 16.3. The molecule has 0 unspecified atom stereocenters. The monoisotopic (exact) mass is 380 g/mol. The Morgan fingerprint density at radius 1 is 1.00 bits per heavy atom. The Hall–Kier alpha value is -2.04. The highest BCUT2D eigenvalue weighted by Crippen LogP contribution is 2.36. The molecule has 3 aliphatic rings. The van der Waals surface area contributed by atoms with Gasteiger partial charge in [-0.1, -0.05) is 23.7 Å². The van der Waals surface area contributed by atoms with Crippen molar-refractivity contribution in [2.24, 2.45) is 10.9 Å². The van der Waals surface area contributed by atoms with Crippen molar-refractivity contribution in [2.45, 2.75) is 19.3 Å². The molecule has 4 nitrogen and oxygen atoms in total. The second-order valence-electron chi connectivity index (χ2n) is 7.85. The van der Waals surface area contributed by atoms with Crippen molar-refractivity contribution in [1.29, 1.82) is 0 Å². The molecule has 5 rings (SSSR count). The standard InChI is InChI=1S/C22H25ClN4/c23-17-8-9-20-21(14-17)25-22(18-4-1-2-5-19(18)24-20)27-11-3-10-26(12-13-27)15-16-6-7-16/h1-2,4-5,8-9,14,16,24H,3,6-7,10-13,15H2. The molecule has 2 fully saturated rings. The normalized spacial score (nSPS) is 20.0. The fourth-order valence-corrected chi connectivity index (χ4v) is 4.25. The van der Waals surface area contributed by atoms with E-state index in [1.165, 1.54) is 37.9 Å². The SMILES string of the molecule is Clc1ccc2c(c1)N=C(N1CCCN(CC3CC3)CC1)c1ccccc1N2. The summed E-state index contributed by atoms with van der Waals surface area (Å²) in [4.78, 5) is 10.2. The van der Waals surface area contributed by atoms with E-state index in [0.717, 1.165) is 53.5 Å². The third kappa shape index (κ3) is 3.69. The van der Waals surface area contributed by atoms with Crippen LogP contribution in [-0.4, -0.2) is 48.4 Å². The highest BCUT2D eigenvalue weighted by Gasteiger charge is 2.27. The van der Waals surface area contributed by atoms with Crippen LogP contribution in [-0.2, 0) is 0 Å². The van der Waals surface area contributed by atoms with E-state index in [4.69, 9.17) is 16.6 Å². The van der Waals surface area contributed by atoms with Crippen LogP contribution in [0.15, 0.2) is 47.5 Å². The lowest BCUT2D eigenvalue weighted by Gasteiger charge is -2.25. The number of hydrogen-bond donors (Lipinski definition) is 1. The molecule has 0 amide bonds. The van der Waals surface area contributed by atoms with Crippen molar-refractivity contribution in [2.75, 3.05) is 38.0 Å². The average Bonchev–Trinajstić information content (AvgIpc) is 3.51. The maximum absolute atomic E-state index is 6.26. The van der Waals surface area contributed by atoms with Gasteiger partial charge in [0.15, 0.2) is 0 Å². The van der Waals surface area contributed by atoms with E-state index in [9.17, 15) is 0 Å². The van der Waals surface area contributed by atoms with Crippen LogP contribution < -0.4 is 5.32 Å². The highest BCUT2D eigenvalue weighted by atomic mass is 35.5. The first-order valence-corrected chi connectivity index (χ1v) is 10.4. The number of aliphatic imine (C=N–C) groups is 1. The Kier molecular flexibility index (Phi) is 4.54. The van der Waals surface area contributed by atoms with Crippen LogP contribution in [0.25, 0.3) is 0 Å². The summed E-state index contributed by atoms with van der Waals surface area (Å²) in [5.41, 5.74) is 4.19. The summed E-state index contributed by atoms with van der Waals surface area (Å²) in [7, 11) is 0. The lowest BCUT2D eigenvalue weighted by molar-refractivity contribution is 0.275. The number of amidine groups is 1. The van der Waals surface area contributed by atoms with Crippen molar-refractivity contribution in [3.8, 4) is 0 Å². The molecule has 0 bridgehead atoms. The zero-order valence-electron chi connectivity index (χ0n) is 15.5. The van der Waals surface area contributed by atoms with E-state index >= 15 is 0 Å². The molecule has 2 aromatic rings. The lowest BCUT2D eigenvalue weighted by atomic mass is 10.1. The number of benzene rings is 2. The van der Waals surface area contributed by atoms with Gasteiger partial charge >= 0.3 is 0 Å². The average molecular weight is 381 g/mol. The largest absolute Gasteiger partial charge is 0.355 e. The van der Waals surface area contributed by atoms with Crippen LogP contribution in [0.4, 0.5) is 17.1 Å². The molecule has 2 heterocycles. The molecule has 0 aromatic heterocycles. The smallest absolute Gasteiger partial charge is 0.138 e. The van der Waals surface area contributed by atoms with Gasteiger partial charge in [0.1, 0.15) is 5.84 Å². The van der Waals surface area contributed by atoms with Crippen LogP contribution in [0.3, 0.4) is 0 Å². The second kappa shape index (κ2) is 7.17. The molecule has 1 aliphatic carbocycles. The van der Waals surface area contributed by atoms with Crippen LogP contribution in [0.2, 0.25) is 5.02 Å². The Labute approximate surface area is 165 Å². The van der Waals surface area contributed by atoms with E-state index in [1.807, 2.05) is 18.2 Å². The number of nitrogens with one attached hydrogen (secondary N) is 1. The summed E-state index contributed by atoms with van der Waals surface area (Å²) in [6.07, 6.45) is 4.02. The number of halogens is 1. The van der Waals surface area contributed by atoms with Gasteiger partial charge in [0.25, 0.3) is 0 Å². The topological polar surface area (TPSA) is 30.9 Å². The quantitative estimate of drug-likeness (QED) is 0.804. The van der Waals surface area contributed by atoms with Gasteiger partial charge in [-0.25, -0.2) is 4.99 Å². The number of anilines is 2. The van der Waals surface area contributed by atoms with Gasteiger partial charge in [-0.05, 0) is 62.1 Å². The van der Waals surface area contributed by atoms with E-state index in [2.05, 4.69) is 39.4 Å². The Bertz CT molecular complexity index is 874. The number of hydrogen-bond acceptors (Lipinski definition) is 4. The molecule has 27 heavy (non-hydrogen) atoms.